The molecule has 2 aliphatic rings. The lowest BCUT2D eigenvalue weighted by Crippen LogP contribution is -2.30. The Bertz CT molecular complexity index is 210. The summed E-state index contributed by atoms with van der Waals surface area (Å²) in [6, 6.07) is 0.150. The lowest BCUT2D eigenvalue weighted by atomic mass is 10.1. The number of aliphatic imine (C=N–C) groups is 1. The van der Waals surface area contributed by atoms with Gasteiger partial charge in [-0.15, -0.1) is 0 Å². The summed E-state index contributed by atoms with van der Waals surface area (Å²) in [6.45, 7) is 0. The number of fused-ring (bicyclic) bond motifs is 1. The first-order valence-electron chi connectivity index (χ1n) is 4.24. The van der Waals surface area contributed by atoms with Crippen LogP contribution < -0.4 is 5.32 Å². The maximum absolute atomic E-state index is 10.8. The Hall–Kier alpha value is -0.860. The molecule has 1 N–H and O–H groups in total. The first kappa shape index (κ1) is 6.83. The summed E-state index contributed by atoms with van der Waals surface area (Å²) in [7, 11) is 0. The molecule has 1 fully saturated rings. The van der Waals surface area contributed by atoms with Crippen molar-refractivity contribution in [3.05, 3.63) is 0 Å². The van der Waals surface area contributed by atoms with Crippen LogP contribution in [0.1, 0.15) is 32.1 Å². The number of rotatable bonds is 0. The van der Waals surface area contributed by atoms with Crippen LogP contribution in [0.25, 0.3) is 0 Å². The SMILES string of the molecule is O=C1N=C2CCCCCC2N1. The van der Waals surface area contributed by atoms with Gasteiger partial charge >= 0.3 is 6.03 Å². The van der Waals surface area contributed by atoms with Crippen LogP contribution in [-0.4, -0.2) is 17.8 Å². The van der Waals surface area contributed by atoms with E-state index in [4.69, 9.17) is 0 Å². The third-order valence-electron chi connectivity index (χ3n) is 2.37. The fourth-order valence-corrected chi connectivity index (χ4v) is 1.77. The molecule has 0 spiro atoms. The van der Waals surface area contributed by atoms with Gasteiger partial charge in [-0.25, -0.2) is 9.79 Å². The topological polar surface area (TPSA) is 41.5 Å². The fraction of sp³-hybridized carbons (Fsp3) is 0.750. The van der Waals surface area contributed by atoms with Crippen LogP contribution in [-0.2, 0) is 0 Å². The van der Waals surface area contributed by atoms with Crippen LogP contribution in [0.15, 0.2) is 4.99 Å². The van der Waals surface area contributed by atoms with Gasteiger partial charge in [-0.3, -0.25) is 0 Å². The molecule has 60 valence electrons. The molecule has 0 radical (unpaired) electrons. The number of hydrogen-bond acceptors (Lipinski definition) is 1. The van der Waals surface area contributed by atoms with E-state index in [1.807, 2.05) is 0 Å². The molecule has 0 bridgehead atoms. The van der Waals surface area contributed by atoms with Crippen molar-refractivity contribution in [1.29, 1.82) is 0 Å². The van der Waals surface area contributed by atoms with Crippen molar-refractivity contribution >= 4 is 11.7 Å². The van der Waals surface area contributed by atoms with Crippen LogP contribution in [0.4, 0.5) is 4.79 Å². The Kier molecular flexibility index (Phi) is 1.64. The largest absolute Gasteiger partial charge is 0.341 e. The zero-order valence-electron chi connectivity index (χ0n) is 6.47. The van der Waals surface area contributed by atoms with Gasteiger partial charge in [0, 0.05) is 5.71 Å². The molecular weight excluding hydrogens is 140 g/mol. The summed E-state index contributed by atoms with van der Waals surface area (Å²) in [5, 5.41) is 2.85. The van der Waals surface area contributed by atoms with Gasteiger partial charge in [-0.2, -0.15) is 0 Å². The Balaban J connectivity index is 2.14. The van der Waals surface area contributed by atoms with Gasteiger partial charge in [0.15, 0.2) is 0 Å². The van der Waals surface area contributed by atoms with E-state index < -0.39 is 0 Å². The van der Waals surface area contributed by atoms with Crippen LogP contribution in [0.5, 0.6) is 0 Å². The molecule has 0 saturated heterocycles. The number of hydrogen-bond donors (Lipinski definition) is 1. The summed E-state index contributed by atoms with van der Waals surface area (Å²) in [4.78, 5) is 14.8. The molecule has 3 nitrogen and oxygen atoms in total. The van der Waals surface area contributed by atoms with Crippen molar-refractivity contribution in [3.63, 3.8) is 0 Å². The highest BCUT2D eigenvalue weighted by Gasteiger charge is 2.26. The van der Waals surface area contributed by atoms with Gasteiger partial charge < -0.3 is 5.32 Å². The van der Waals surface area contributed by atoms with E-state index in [0.29, 0.717) is 0 Å². The molecule has 3 heteroatoms. The van der Waals surface area contributed by atoms with Gasteiger partial charge in [-0.1, -0.05) is 12.8 Å². The van der Waals surface area contributed by atoms with Crippen LogP contribution in [0.3, 0.4) is 0 Å². The molecule has 0 aromatic carbocycles. The second-order valence-corrected chi connectivity index (χ2v) is 3.20. The summed E-state index contributed by atoms with van der Waals surface area (Å²) >= 11 is 0. The van der Waals surface area contributed by atoms with Crippen molar-refractivity contribution in [1.82, 2.24) is 5.32 Å². The van der Waals surface area contributed by atoms with Gasteiger partial charge in [0.05, 0.1) is 6.04 Å². The van der Waals surface area contributed by atoms with Crippen molar-refractivity contribution in [2.75, 3.05) is 0 Å². The fourth-order valence-electron chi connectivity index (χ4n) is 1.77. The van der Waals surface area contributed by atoms with E-state index in [9.17, 15) is 4.79 Å². The van der Waals surface area contributed by atoms with Crippen LogP contribution in [0, 0.1) is 0 Å². The van der Waals surface area contributed by atoms with Crippen molar-refractivity contribution in [2.24, 2.45) is 4.99 Å². The van der Waals surface area contributed by atoms with Gasteiger partial charge in [0.1, 0.15) is 0 Å². The zero-order chi connectivity index (χ0) is 7.68. The summed E-state index contributed by atoms with van der Waals surface area (Å²) in [5.74, 6) is 0. The first-order chi connectivity index (χ1) is 5.36. The number of carbonyl (C=O) groups is 1. The predicted molar refractivity (Wildman–Crippen MR) is 42.8 cm³/mol. The van der Waals surface area contributed by atoms with E-state index in [1.165, 1.54) is 19.3 Å². The second-order valence-electron chi connectivity index (χ2n) is 3.20. The molecule has 1 saturated carbocycles. The second kappa shape index (κ2) is 2.64. The molecule has 2 rings (SSSR count). The average Bonchev–Trinajstić information content (AvgIpc) is 2.17. The van der Waals surface area contributed by atoms with E-state index in [0.717, 1.165) is 18.6 Å². The molecular formula is C8H12N2O. The standard InChI is InChI=1S/C8H12N2O/c11-8-9-6-4-2-1-3-5-7(6)10-8/h6H,1-5H2,(H,9,11). The highest BCUT2D eigenvalue weighted by Crippen LogP contribution is 2.18. The summed E-state index contributed by atoms with van der Waals surface area (Å²) in [6.07, 6.45) is 5.81. The van der Waals surface area contributed by atoms with Crippen molar-refractivity contribution in [2.45, 2.75) is 38.1 Å². The van der Waals surface area contributed by atoms with E-state index in [1.54, 1.807) is 0 Å². The number of nitrogens with one attached hydrogen (secondary N) is 1. The molecule has 11 heavy (non-hydrogen) atoms. The number of amides is 2. The van der Waals surface area contributed by atoms with E-state index >= 15 is 0 Å². The molecule has 0 aromatic heterocycles. The van der Waals surface area contributed by atoms with Crippen molar-refractivity contribution in [3.8, 4) is 0 Å². The van der Waals surface area contributed by atoms with Crippen LogP contribution in [0.2, 0.25) is 0 Å². The molecule has 1 unspecified atom stereocenters. The third-order valence-corrected chi connectivity index (χ3v) is 2.37. The van der Waals surface area contributed by atoms with Gasteiger partial charge in [0.2, 0.25) is 0 Å². The third kappa shape index (κ3) is 1.27. The Morgan fingerprint density at radius 1 is 1.36 bits per heavy atom. The summed E-state index contributed by atoms with van der Waals surface area (Å²) < 4.78 is 0. The van der Waals surface area contributed by atoms with E-state index in [-0.39, 0.29) is 12.1 Å². The Morgan fingerprint density at radius 3 is 3.18 bits per heavy atom. The molecule has 2 amide bonds. The highest BCUT2D eigenvalue weighted by molar-refractivity contribution is 6.04. The highest BCUT2D eigenvalue weighted by atomic mass is 16.2. The van der Waals surface area contributed by atoms with Crippen LogP contribution >= 0.6 is 0 Å². The molecule has 0 aromatic rings. The number of carbonyl (C=O) groups excluding carboxylic acids is 1. The normalized spacial score (nSPS) is 30.4. The molecule has 1 atom stereocenters. The molecule has 1 heterocycles. The lowest BCUT2D eigenvalue weighted by molar-refractivity contribution is 0.250. The predicted octanol–water partition coefficient (Wildman–Crippen LogP) is 1.48. The van der Waals surface area contributed by atoms with Gasteiger partial charge in [-0.05, 0) is 19.3 Å². The maximum Gasteiger partial charge on any atom is 0.341 e. The Labute approximate surface area is 65.9 Å². The number of nitrogens with zero attached hydrogens (tertiary/aromatic N) is 1. The average molecular weight is 152 g/mol. The minimum Gasteiger partial charge on any atom is -0.328 e. The summed E-state index contributed by atoms with van der Waals surface area (Å²) in [5.41, 5.74) is 1.09. The number of urea groups is 1. The minimum absolute atomic E-state index is 0.132. The lowest BCUT2D eigenvalue weighted by Gasteiger charge is -2.07. The smallest absolute Gasteiger partial charge is 0.328 e. The molecule has 1 aliphatic carbocycles. The van der Waals surface area contributed by atoms with Crippen molar-refractivity contribution < 1.29 is 4.79 Å². The Morgan fingerprint density at radius 2 is 2.27 bits per heavy atom. The monoisotopic (exact) mass is 152 g/mol. The first-order valence-corrected chi connectivity index (χ1v) is 4.24. The molecule has 1 aliphatic heterocycles. The zero-order valence-corrected chi connectivity index (χ0v) is 6.47. The van der Waals surface area contributed by atoms with Gasteiger partial charge in [0.25, 0.3) is 0 Å². The maximum atomic E-state index is 10.8. The van der Waals surface area contributed by atoms with E-state index in [2.05, 4.69) is 10.3 Å². The minimum atomic E-state index is -0.132. The quantitative estimate of drug-likeness (QED) is 0.561.